The number of aromatic nitrogens is 2. The molecule has 72 valence electrons. The normalized spacial score (nSPS) is 12.9. The summed E-state index contributed by atoms with van der Waals surface area (Å²) in [5.41, 5.74) is 0.634. The van der Waals surface area contributed by atoms with E-state index in [0.29, 0.717) is 9.39 Å². The van der Waals surface area contributed by atoms with Crippen molar-refractivity contribution in [2.24, 2.45) is 0 Å². The minimum absolute atomic E-state index is 0.105. The number of H-pyrrole nitrogens is 1. The first kappa shape index (κ1) is 10.6. The smallest absolute Gasteiger partial charge is 0.264 e. The Hall–Kier alpha value is -0.430. The molecule has 0 aromatic carbocycles. The lowest BCUT2D eigenvalue weighted by atomic mass is 10.3. The Bertz CT molecular complexity index is 362. The van der Waals surface area contributed by atoms with Crippen molar-refractivity contribution in [2.45, 2.75) is 20.0 Å². The van der Waals surface area contributed by atoms with Gasteiger partial charge in [-0.25, -0.2) is 4.98 Å². The largest absolute Gasteiger partial charge is 0.374 e. The summed E-state index contributed by atoms with van der Waals surface area (Å²) in [5, 5.41) is 0. The topological polar surface area (TPSA) is 55.0 Å². The maximum Gasteiger partial charge on any atom is 0.264 e. The molecule has 0 fully saturated rings. The molecule has 0 saturated heterocycles. The van der Waals surface area contributed by atoms with E-state index in [-0.39, 0.29) is 11.7 Å². The third-order valence-corrected chi connectivity index (χ3v) is 3.06. The number of ether oxygens (including phenoxy) is 1. The van der Waals surface area contributed by atoms with Crippen molar-refractivity contribution in [1.29, 1.82) is 0 Å². The standard InChI is InChI=1S/C8H11IN2O2/c1-4-6(9)8(12)11-7(10-4)5(2)13-3/h5H,1-3H3,(H,10,11,12). The minimum atomic E-state index is -0.177. The summed E-state index contributed by atoms with van der Waals surface area (Å²) in [5.74, 6) is 0.574. The summed E-state index contributed by atoms with van der Waals surface area (Å²) in [7, 11) is 1.58. The second kappa shape index (κ2) is 4.19. The number of nitrogens with one attached hydrogen (secondary N) is 1. The molecule has 1 N–H and O–H groups in total. The van der Waals surface area contributed by atoms with Gasteiger partial charge in [-0.3, -0.25) is 4.79 Å². The van der Waals surface area contributed by atoms with Gasteiger partial charge in [-0.2, -0.15) is 0 Å². The molecule has 5 heteroatoms. The summed E-state index contributed by atoms with van der Waals surface area (Å²) >= 11 is 1.97. The first-order valence-electron chi connectivity index (χ1n) is 3.85. The molecule has 1 aromatic heterocycles. The van der Waals surface area contributed by atoms with Gasteiger partial charge in [0.05, 0.1) is 9.26 Å². The molecule has 0 radical (unpaired) electrons. The van der Waals surface area contributed by atoms with Gasteiger partial charge in [0.1, 0.15) is 11.9 Å². The van der Waals surface area contributed by atoms with Crippen LogP contribution in [0.3, 0.4) is 0 Å². The fourth-order valence-corrected chi connectivity index (χ4v) is 1.15. The van der Waals surface area contributed by atoms with E-state index in [1.807, 2.05) is 36.4 Å². The molecular formula is C8H11IN2O2. The maximum absolute atomic E-state index is 11.3. The molecular weight excluding hydrogens is 283 g/mol. The fraction of sp³-hybridized carbons (Fsp3) is 0.500. The number of aromatic amines is 1. The van der Waals surface area contributed by atoms with Gasteiger partial charge in [-0.15, -0.1) is 0 Å². The van der Waals surface area contributed by atoms with E-state index in [4.69, 9.17) is 4.74 Å². The Morgan fingerprint density at radius 2 is 2.23 bits per heavy atom. The van der Waals surface area contributed by atoms with Gasteiger partial charge in [0.25, 0.3) is 5.56 Å². The van der Waals surface area contributed by atoms with Gasteiger partial charge in [0.15, 0.2) is 0 Å². The van der Waals surface area contributed by atoms with Crippen LogP contribution in [-0.2, 0) is 4.74 Å². The van der Waals surface area contributed by atoms with Crippen LogP contribution in [-0.4, -0.2) is 17.1 Å². The molecule has 1 heterocycles. The van der Waals surface area contributed by atoms with Gasteiger partial charge in [-0.1, -0.05) is 0 Å². The van der Waals surface area contributed by atoms with Crippen molar-refractivity contribution in [2.75, 3.05) is 7.11 Å². The SMILES string of the molecule is COC(C)c1nc(C)c(I)c(=O)[nH]1. The van der Waals surface area contributed by atoms with Gasteiger partial charge in [0.2, 0.25) is 0 Å². The van der Waals surface area contributed by atoms with Gasteiger partial charge in [0, 0.05) is 7.11 Å². The molecule has 13 heavy (non-hydrogen) atoms. The van der Waals surface area contributed by atoms with E-state index in [1.54, 1.807) is 7.11 Å². The van der Waals surface area contributed by atoms with Crippen LogP contribution in [0.25, 0.3) is 0 Å². The summed E-state index contributed by atoms with van der Waals surface area (Å²) < 4.78 is 5.68. The Morgan fingerprint density at radius 1 is 1.62 bits per heavy atom. The lowest BCUT2D eigenvalue weighted by molar-refractivity contribution is 0.111. The molecule has 1 unspecified atom stereocenters. The highest BCUT2D eigenvalue weighted by molar-refractivity contribution is 14.1. The number of aryl methyl sites for hydroxylation is 1. The average molecular weight is 294 g/mol. The summed E-state index contributed by atoms with van der Waals surface area (Å²) in [4.78, 5) is 18.2. The second-order valence-electron chi connectivity index (χ2n) is 2.73. The number of hydrogen-bond donors (Lipinski definition) is 1. The molecule has 4 nitrogen and oxygen atoms in total. The molecule has 0 spiro atoms. The average Bonchev–Trinajstić information content (AvgIpc) is 2.12. The molecule has 0 amide bonds. The highest BCUT2D eigenvalue weighted by Crippen LogP contribution is 2.10. The third kappa shape index (κ3) is 2.28. The lowest BCUT2D eigenvalue weighted by Crippen LogP contribution is -2.18. The number of nitrogens with zero attached hydrogens (tertiary/aromatic N) is 1. The van der Waals surface area contributed by atoms with Crippen molar-refractivity contribution in [3.05, 3.63) is 25.4 Å². The zero-order valence-electron chi connectivity index (χ0n) is 7.72. The predicted octanol–water partition coefficient (Wildman–Crippen LogP) is 1.39. The van der Waals surface area contributed by atoms with Crippen LogP contribution in [0.4, 0.5) is 0 Å². The van der Waals surface area contributed by atoms with Gasteiger partial charge >= 0.3 is 0 Å². The van der Waals surface area contributed by atoms with E-state index in [0.717, 1.165) is 5.69 Å². The van der Waals surface area contributed by atoms with Crippen LogP contribution in [0.5, 0.6) is 0 Å². The van der Waals surface area contributed by atoms with Crippen LogP contribution in [0.1, 0.15) is 24.5 Å². The number of methoxy groups -OCH3 is 1. The van der Waals surface area contributed by atoms with Gasteiger partial charge < -0.3 is 9.72 Å². The molecule has 1 aromatic rings. The summed E-state index contributed by atoms with van der Waals surface area (Å²) in [6.45, 7) is 3.65. The second-order valence-corrected chi connectivity index (χ2v) is 3.81. The van der Waals surface area contributed by atoms with E-state index in [2.05, 4.69) is 9.97 Å². The minimum Gasteiger partial charge on any atom is -0.374 e. The molecule has 0 saturated carbocycles. The van der Waals surface area contributed by atoms with Crippen molar-refractivity contribution >= 4 is 22.6 Å². The molecule has 1 rings (SSSR count). The highest BCUT2D eigenvalue weighted by atomic mass is 127. The zero-order chi connectivity index (χ0) is 10.0. The van der Waals surface area contributed by atoms with Crippen molar-refractivity contribution in [3.8, 4) is 0 Å². The van der Waals surface area contributed by atoms with Crippen LogP contribution >= 0.6 is 22.6 Å². The molecule has 0 aliphatic rings. The van der Waals surface area contributed by atoms with Crippen LogP contribution < -0.4 is 5.56 Å². The molecule has 0 aliphatic heterocycles. The molecule has 0 bridgehead atoms. The lowest BCUT2D eigenvalue weighted by Gasteiger charge is -2.09. The molecule has 1 atom stereocenters. The fourth-order valence-electron chi connectivity index (χ4n) is 0.897. The van der Waals surface area contributed by atoms with Crippen LogP contribution in [0.2, 0.25) is 0 Å². The maximum atomic E-state index is 11.3. The highest BCUT2D eigenvalue weighted by Gasteiger charge is 2.09. The summed E-state index contributed by atoms with van der Waals surface area (Å²) in [6.07, 6.45) is -0.177. The Balaban J connectivity index is 3.21. The monoisotopic (exact) mass is 294 g/mol. The summed E-state index contributed by atoms with van der Waals surface area (Å²) in [6, 6.07) is 0. The predicted molar refractivity (Wildman–Crippen MR) is 57.7 cm³/mol. The van der Waals surface area contributed by atoms with Gasteiger partial charge in [-0.05, 0) is 36.4 Å². The number of hydrogen-bond acceptors (Lipinski definition) is 3. The Kier molecular flexibility index (Phi) is 3.43. The third-order valence-electron chi connectivity index (χ3n) is 1.79. The number of rotatable bonds is 2. The Morgan fingerprint density at radius 3 is 2.69 bits per heavy atom. The van der Waals surface area contributed by atoms with E-state index in [1.165, 1.54) is 0 Å². The van der Waals surface area contributed by atoms with Crippen molar-refractivity contribution in [1.82, 2.24) is 9.97 Å². The number of halogens is 1. The van der Waals surface area contributed by atoms with E-state index in [9.17, 15) is 4.79 Å². The van der Waals surface area contributed by atoms with Crippen molar-refractivity contribution < 1.29 is 4.74 Å². The van der Waals surface area contributed by atoms with E-state index >= 15 is 0 Å². The first-order chi connectivity index (χ1) is 6.06. The quantitative estimate of drug-likeness (QED) is 0.839. The van der Waals surface area contributed by atoms with Crippen LogP contribution in [0, 0.1) is 10.5 Å². The van der Waals surface area contributed by atoms with Crippen LogP contribution in [0.15, 0.2) is 4.79 Å². The van der Waals surface area contributed by atoms with Crippen molar-refractivity contribution in [3.63, 3.8) is 0 Å². The molecule has 0 aliphatic carbocycles. The zero-order valence-corrected chi connectivity index (χ0v) is 9.88. The van der Waals surface area contributed by atoms with E-state index < -0.39 is 0 Å². The Labute approximate surface area is 89.9 Å². The first-order valence-corrected chi connectivity index (χ1v) is 4.93.